The Kier molecular flexibility index (Phi) is 6.66. The van der Waals surface area contributed by atoms with E-state index in [4.69, 9.17) is 4.42 Å². The van der Waals surface area contributed by atoms with Crippen LogP contribution in [0.15, 0.2) is 88.6 Å². The predicted octanol–water partition coefficient (Wildman–Crippen LogP) is 4.21. The number of amides is 3. The van der Waals surface area contributed by atoms with Gasteiger partial charge in [-0.25, -0.2) is 4.79 Å². The molecule has 0 saturated heterocycles. The minimum Gasteiger partial charge on any atom is -0.461 e. The standard InChI is InChI=1S/C23H21N5O3S/c1-2-24-22(30)25-21(29)19(16-10-5-3-6-11-16)32-23-27-26-20(18-14-9-15-31-18)28(23)17-12-7-4-8-13-17/h3-15,19H,2H2,1H3,(H2,24,25,29,30)/t19-/m0/s1. The van der Waals surface area contributed by atoms with Crippen molar-refractivity contribution in [2.75, 3.05) is 6.54 Å². The van der Waals surface area contributed by atoms with Gasteiger partial charge in [-0.1, -0.05) is 60.3 Å². The van der Waals surface area contributed by atoms with Gasteiger partial charge < -0.3 is 9.73 Å². The van der Waals surface area contributed by atoms with E-state index in [1.807, 2.05) is 65.2 Å². The average Bonchev–Trinajstić information content (AvgIpc) is 3.48. The van der Waals surface area contributed by atoms with Gasteiger partial charge in [0.05, 0.1) is 6.26 Å². The van der Waals surface area contributed by atoms with E-state index in [1.165, 1.54) is 11.8 Å². The van der Waals surface area contributed by atoms with Gasteiger partial charge in [-0.2, -0.15) is 0 Å². The van der Waals surface area contributed by atoms with Gasteiger partial charge in [-0.3, -0.25) is 14.7 Å². The molecule has 9 heteroatoms. The summed E-state index contributed by atoms with van der Waals surface area (Å²) < 4.78 is 7.38. The Morgan fingerprint density at radius 2 is 1.72 bits per heavy atom. The minimum atomic E-state index is -0.727. The molecular weight excluding hydrogens is 426 g/mol. The number of carbonyl (C=O) groups excluding carboxylic acids is 2. The smallest absolute Gasteiger partial charge is 0.321 e. The van der Waals surface area contributed by atoms with Gasteiger partial charge in [0.15, 0.2) is 10.9 Å². The quantitative estimate of drug-likeness (QED) is 0.412. The van der Waals surface area contributed by atoms with Crippen LogP contribution in [0.1, 0.15) is 17.7 Å². The molecule has 0 bridgehead atoms. The van der Waals surface area contributed by atoms with Crippen molar-refractivity contribution in [1.82, 2.24) is 25.4 Å². The van der Waals surface area contributed by atoms with Crippen molar-refractivity contribution in [3.05, 3.63) is 84.6 Å². The number of furan rings is 1. The van der Waals surface area contributed by atoms with E-state index in [0.717, 1.165) is 11.3 Å². The fourth-order valence-corrected chi connectivity index (χ4v) is 4.17. The lowest BCUT2D eigenvalue weighted by atomic mass is 10.1. The van der Waals surface area contributed by atoms with Crippen molar-refractivity contribution in [2.24, 2.45) is 0 Å². The number of rotatable bonds is 7. The Balaban J connectivity index is 1.74. The van der Waals surface area contributed by atoms with Gasteiger partial charge in [0.25, 0.3) is 0 Å². The van der Waals surface area contributed by atoms with E-state index in [1.54, 1.807) is 25.3 Å². The molecule has 0 aliphatic carbocycles. The molecule has 0 aliphatic rings. The molecule has 0 aliphatic heterocycles. The van der Waals surface area contributed by atoms with Crippen LogP contribution in [-0.4, -0.2) is 33.2 Å². The van der Waals surface area contributed by atoms with Crippen LogP contribution in [0, 0.1) is 0 Å². The number of aromatic nitrogens is 3. The summed E-state index contributed by atoms with van der Waals surface area (Å²) >= 11 is 1.21. The zero-order valence-corrected chi connectivity index (χ0v) is 18.1. The lowest BCUT2D eigenvalue weighted by Crippen LogP contribution is -2.41. The second-order valence-electron chi connectivity index (χ2n) is 6.71. The number of thioether (sulfide) groups is 1. The van der Waals surface area contributed by atoms with Crippen molar-refractivity contribution in [3.8, 4) is 17.3 Å². The Hall–Kier alpha value is -3.85. The molecule has 4 rings (SSSR count). The van der Waals surface area contributed by atoms with Crippen molar-refractivity contribution in [2.45, 2.75) is 17.3 Å². The zero-order chi connectivity index (χ0) is 22.3. The van der Waals surface area contributed by atoms with E-state index in [0.29, 0.717) is 23.3 Å². The highest BCUT2D eigenvalue weighted by Crippen LogP contribution is 2.37. The van der Waals surface area contributed by atoms with Crippen molar-refractivity contribution in [1.29, 1.82) is 0 Å². The summed E-state index contributed by atoms with van der Waals surface area (Å²) in [6.45, 7) is 2.20. The Bertz CT molecular complexity index is 1180. The lowest BCUT2D eigenvalue weighted by Gasteiger charge is -2.17. The molecule has 0 radical (unpaired) electrons. The maximum atomic E-state index is 13.0. The van der Waals surface area contributed by atoms with Crippen LogP contribution in [-0.2, 0) is 4.79 Å². The molecule has 2 aromatic carbocycles. The first kappa shape index (κ1) is 21.4. The van der Waals surface area contributed by atoms with Crippen LogP contribution < -0.4 is 10.6 Å². The molecule has 2 N–H and O–H groups in total. The first-order chi connectivity index (χ1) is 15.7. The highest BCUT2D eigenvalue weighted by molar-refractivity contribution is 8.00. The van der Waals surface area contributed by atoms with Crippen LogP contribution in [0.25, 0.3) is 17.3 Å². The van der Waals surface area contributed by atoms with Crippen LogP contribution in [0.5, 0.6) is 0 Å². The number of benzene rings is 2. The number of nitrogens with one attached hydrogen (secondary N) is 2. The highest BCUT2D eigenvalue weighted by atomic mass is 32.2. The summed E-state index contributed by atoms with van der Waals surface area (Å²) in [7, 11) is 0. The Labute approximate surface area is 189 Å². The minimum absolute atomic E-state index is 0.414. The van der Waals surface area contributed by atoms with Crippen LogP contribution in [0.4, 0.5) is 4.79 Å². The number of urea groups is 1. The third-order valence-corrected chi connectivity index (χ3v) is 5.72. The molecule has 2 heterocycles. The monoisotopic (exact) mass is 447 g/mol. The first-order valence-electron chi connectivity index (χ1n) is 10.0. The van der Waals surface area contributed by atoms with Crippen molar-refractivity contribution >= 4 is 23.7 Å². The molecule has 3 amide bonds. The lowest BCUT2D eigenvalue weighted by molar-refractivity contribution is -0.119. The fraction of sp³-hybridized carbons (Fsp3) is 0.130. The first-order valence-corrected chi connectivity index (χ1v) is 10.9. The SMILES string of the molecule is CCNC(=O)NC(=O)[C@@H](Sc1nnc(-c2ccco2)n1-c1ccccc1)c1ccccc1. The highest BCUT2D eigenvalue weighted by Gasteiger charge is 2.28. The maximum Gasteiger partial charge on any atom is 0.321 e. The molecule has 0 fully saturated rings. The summed E-state index contributed by atoms with van der Waals surface area (Å²) in [5.41, 5.74) is 1.56. The zero-order valence-electron chi connectivity index (χ0n) is 17.3. The van der Waals surface area contributed by atoms with Gasteiger partial charge >= 0.3 is 6.03 Å². The van der Waals surface area contributed by atoms with E-state index >= 15 is 0 Å². The average molecular weight is 448 g/mol. The third-order valence-electron chi connectivity index (χ3n) is 4.53. The van der Waals surface area contributed by atoms with E-state index in [9.17, 15) is 9.59 Å². The predicted molar refractivity (Wildman–Crippen MR) is 121 cm³/mol. The third kappa shape index (κ3) is 4.73. The van der Waals surface area contributed by atoms with Crippen molar-refractivity contribution in [3.63, 3.8) is 0 Å². The van der Waals surface area contributed by atoms with Gasteiger partial charge in [0.1, 0.15) is 5.25 Å². The number of para-hydroxylation sites is 1. The molecule has 2 aromatic heterocycles. The number of nitrogens with zero attached hydrogens (tertiary/aromatic N) is 3. The van der Waals surface area contributed by atoms with Gasteiger partial charge in [-0.15, -0.1) is 10.2 Å². The second kappa shape index (κ2) is 9.97. The van der Waals surface area contributed by atoms with Crippen LogP contribution in [0.2, 0.25) is 0 Å². The summed E-state index contributed by atoms with van der Waals surface area (Å²) in [6, 6.07) is 21.9. The Morgan fingerprint density at radius 1 is 1.00 bits per heavy atom. The van der Waals surface area contributed by atoms with Crippen LogP contribution in [0.3, 0.4) is 0 Å². The maximum absolute atomic E-state index is 13.0. The number of carbonyl (C=O) groups is 2. The molecule has 8 nitrogen and oxygen atoms in total. The molecule has 162 valence electrons. The number of hydrogen-bond donors (Lipinski definition) is 2. The van der Waals surface area contributed by atoms with Gasteiger partial charge in [0, 0.05) is 12.2 Å². The van der Waals surface area contributed by atoms with Crippen molar-refractivity contribution < 1.29 is 14.0 Å². The molecule has 0 saturated carbocycles. The molecule has 1 atom stereocenters. The second-order valence-corrected chi connectivity index (χ2v) is 7.78. The summed E-state index contributed by atoms with van der Waals surface area (Å²) in [5.74, 6) is 0.616. The molecule has 0 spiro atoms. The largest absolute Gasteiger partial charge is 0.461 e. The summed E-state index contributed by atoms with van der Waals surface area (Å²) in [6.07, 6.45) is 1.57. The Morgan fingerprint density at radius 3 is 2.38 bits per heavy atom. The van der Waals surface area contributed by atoms with Gasteiger partial charge in [0.2, 0.25) is 11.7 Å². The fourth-order valence-electron chi connectivity index (χ4n) is 3.11. The molecule has 0 unspecified atom stereocenters. The number of imide groups is 1. The normalized spacial score (nSPS) is 11.7. The van der Waals surface area contributed by atoms with E-state index in [2.05, 4.69) is 20.8 Å². The summed E-state index contributed by atoms with van der Waals surface area (Å²) in [5, 5.41) is 13.4. The van der Waals surface area contributed by atoms with Gasteiger partial charge in [-0.05, 0) is 36.8 Å². The van der Waals surface area contributed by atoms with Crippen LogP contribution >= 0.6 is 11.8 Å². The molecule has 4 aromatic rings. The molecular formula is C23H21N5O3S. The number of hydrogen-bond acceptors (Lipinski definition) is 6. The summed E-state index contributed by atoms with van der Waals surface area (Å²) in [4.78, 5) is 25.0. The van der Waals surface area contributed by atoms with E-state index < -0.39 is 17.2 Å². The topological polar surface area (TPSA) is 102 Å². The van der Waals surface area contributed by atoms with E-state index in [-0.39, 0.29) is 0 Å². The molecule has 32 heavy (non-hydrogen) atoms.